The molecule has 1 aliphatic rings. The standard InChI is InChI=1S/C11H15FN2O2S/c1-14(7-8-2-3-8)17(15,16)9-4-5-11(13)10(12)6-9/h4-6,8H,2-3,7,13H2,1H3. The maximum atomic E-state index is 13.2. The minimum absolute atomic E-state index is 0.0474. The largest absolute Gasteiger partial charge is 0.396 e. The van der Waals surface area contributed by atoms with Crippen LogP contribution in [0.2, 0.25) is 0 Å². The molecule has 0 unspecified atom stereocenters. The van der Waals surface area contributed by atoms with E-state index in [1.54, 1.807) is 0 Å². The van der Waals surface area contributed by atoms with Gasteiger partial charge in [-0.05, 0) is 37.0 Å². The van der Waals surface area contributed by atoms with Gasteiger partial charge in [0.2, 0.25) is 10.0 Å². The van der Waals surface area contributed by atoms with E-state index >= 15 is 0 Å². The van der Waals surface area contributed by atoms with E-state index < -0.39 is 15.8 Å². The molecule has 1 aliphatic carbocycles. The number of benzene rings is 1. The number of nitrogens with zero attached hydrogens (tertiary/aromatic N) is 1. The van der Waals surface area contributed by atoms with Crippen molar-refractivity contribution >= 4 is 15.7 Å². The predicted molar refractivity (Wildman–Crippen MR) is 63.4 cm³/mol. The van der Waals surface area contributed by atoms with Gasteiger partial charge in [-0.15, -0.1) is 0 Å². The zero-order valence-electron chi connectivity index (χ0n) is 9.56. The summed E-state index contributed by atoms with van der Waals surface area (Å²) in [7, 11) is -2.08. The Bertz CT molecular complexity index is 526. The Kier molecular flexibility index (Phi) is 3.09. The molecule has 0 heterocycles. The quantitative estimate of drug-likeness (QED) is 0.831. The predicted octanol–water partition coefficient (Wildman–Crippen LogP) is 1.44. The maximum Gasteiger partial charge on any atom is 0.242 e. The van der Waals surface area contributed by atoms with Crippen molar-refractivity contribution in [3.05, 3.63) is 24.0 Å². The van der Waals surface area contributed by atoms with E-state index in [1.807, 2.05) is 0 Å². The Morgan fingerprint density at radius 1 is 1.47 bits per heavy atom. The van der Waals surface area contributed by atoms with Gasteiger partial charge in [0.1, 0.15) is 5.82 Å². The molecule has 0 spiro atoms. The summed E-state index contributed by atoms with van der Waals surface area (Å²) in [5.41, 5.74) is 5.27. The number of hydrogen-bond acceptors (Lipinski definition) is 3. The van der Waals surface area contributed by atoms with Crippen molar-refractivity contribution in [1.82, 2.24) is 4.31 Å². The van der Waals surface area contributed by atoms with Gasteiger partial charge in [0, 0.05) is 13.6 Å². The molecule has 1 fully saturated rings. The molecule has 0 aromatic heterocycles. The molecule has 0 bridgehead atoms. The lowest BCUT2D eigenvalue weighted by atomic mass is 10.3. The van der Waals surface area contributed by atoms with Gasteiger partial charge < -0.3 is 5.73 Å². The molecule has 2 rings (SSSR count). The van der Waals surface area contributed by atoms with E-state index in [-0.39, 0.29) is 10.6 Å². The Morgan fingerprint density at radius 3 is 2.65 bits per heavy atom. The summed E-state index contributed by atoms with van der Waals surface area (Å²) >= 11 is 0. The van der Waals surface area contributed by atoms with Crippen LogP contribution in [0.15, 0.2) is 23.1 Å². The summed E-state index contributed by atoms with van der Waals surface area (Å²) in [5.74, 6) is -0.251. The van der Waals surface area contributed by atoms with Crippen molar-refractivity contribution in [2.45, 2.75) is 17.7 Å². The van der Waals surface area contributed by atoms with E-state index in [1.165, 1.54) is 23.5 Å². The SMILES string of the molecule is CN(CC1CC1)S(=O)(=O)c1ccc(N)c(F)c1. The summed E-state index contributed by atoms with van der Waals surface area (Å²) in [4.78, 5) is -0.0487. The third-order valence-electron chi connectivity index (χ3n) is 2.89. The van der Waals surface area contributed by atoms with Gasteiger partial charge in [-0.2, -0.15) is 0 Å². The molecule has 0 saturated heterocycles. The summed E-state index contributed by atoms with van der Waals surface area (Å²) in [6.45, 7) is 0.494. The lowest BCUT2D eigenvalue weighted by Crippen LogP contribution is -2.29. The van der Waals surface area contributed by atoms with E-state index in [0.717, 1.165) is 18.9 Å². The van der Waals surface area contributed by atoms with Gasteiger partial charge in [0.25, 0.3) is 0 Å². The number of nitrogen functional groups attached to an aromatic ring is 1. The van der Waals surface area contributed by atoms with Crippen molar-refractivity contribution in [3.8, 4) is 0 Å². The third kappa shape index (κ3) is 2.58. The van der Waals surface area contributed by atoms with E-state index in [2.05, 4.69) is 0 Å². The van der Waals surface area contributed by atoms with Crippen molar-refractivity contribution in [1.29, 1.82) is 0 Å². The van der Waals surface area contributed by atoms with Crippen LogP contribution in [0.3, 0.4) is 0 Å². The number of halogens is 1. The minimum atomic E-state index is -3.60. The van der Waals surface area contributed by atoms with Crippen molar-refractivity contribution < 1.29 is 12.8 Å². The molecule has 0 atom stereocenters. The van der Waals surface area contributed by atoms with Crippen LogP contribution in [0.4, 0.5) is 10.1 Å². The van der Waals surface area contributed by atoms with Gasteiger partial charge >= 0.3 is 0 Å². The number of nitrogens with two attached hydrogens (primary N) is 1. The van der Waals surface area contributed by atoms with Crippen LogP contribution < -0.4 is 5.73 Å². The Hall–Kier alpha value is -1.14. The third-order valence-corrected chi connectivity index (χ3v) is 4.71. The highest BCUT2D eigenvalue weighted by Gasteiger charge is 2.29. The number of hydrogen-bond donors (Lipinski definition) is 1. The fourth-order valence-corrected chi connectivity index (χ4v) is 2.87. The molecule has 17 heavy (non-hydrogen) atoms. The molecular weight excluding hydrogens is 243 g/mol. The lowest BCUT2D eigenvalue weighted by molar-refractivity contribution is 0.452. The summed E-state index contributed by atoms with van der Waals surface area (Å²) in [6.07, 6.45) is 2.13. The second-order valence-corrected chi connectivity index (χ2v) is 6.46. The van der Waals surface area contributed by atoms with E-state index in [9.17, 15) is 12.8 Å². The smallest absolute Gasteiger partial charge is 0.242 e. The zero-order valence-corrected chi connectivity index (χ0v) is 10.4. The minimum Gasteiger partial charge on any atom is -0.396 e. The van der Waals surface area contributed by atoms with Crippen LogP contribution in [0.5, 0.6) is 0 Å². The highest BCUT2D eigenvalue weighted by atomic mass is 32.2. The second-order valence-electron chi connectivity index (χ2n) is 4.41. The van der Waals surface area contributed by atoms with Crippen molar-refractivity contribution in [3.63, 3.8) is 0 Å². The molecule has 94 valence electrons. The fraction of sp³-hybridized carbons (Fsp3) is 0.455. The van der Waals surface area contributed by atoms with Crippen LogP contribution in [-0.4, -0.2) is 26.3 Å². The second kappa shape index (κ2) is 4.27. The van der Waals surface area contributed by atoms with Crippen molar-refractivity contribution in [2.24, 2.45) is 5.92 Å². The summed E-state index contributed by atoms with van der Waals surface area (Å²) in [6, 6.07) is 3.57. The van der Waals surface area contributed by atoms with Gasteiger partial charge in [0.05, 0.1) is 10.6 Å². The van der Waals surface area contributed by atoms with Crippen LogP contribution >= 0.6 is 0 Å². The van der Waals surface area contributed by atoms with E-state index in [0.29, 0.717) is 12.5 Å². The average molecular weight is 258 g/mol. The summed E-state index contributed by atoms with van der Waals surface area (Å²) < 4.78 is 38.7. The van der Waals surface area contributed by atoms with Crippen LogP contribution in [0.25, 0.3) is 0 Å². The summed E-state index contributed by atoms with van der Waals surface area (Å²) in [5, 5.41) is 0. The van der Waals surface area contributed by atoms with Crippen LogP contribution in [-0.2, 0) is 10.0 Å². The first-order chi connectivity index (χ1) is 7.91. The highest BCUT2D eigenvalue weighted by molar-refractivity contribution is 7.89. The molecule has 1 saturated carbocycles. The zero-order chi connectivity index (χ0) is 12.6. The maximum absolute atomic E-state index is 13.2. The molecule has 0 radical (unpaired) electrons. The van der Waals surface area contributed by atoms with Gasteiger partial charge in [-0.25, -0.2) is 17.1 Å². The average Bonchev–Trinajstić information content (AvgIpc) is 3.05. The fourth-order valence-electron chi connectivity index (χ4n) is 1.61. The Labute approximate surface area is 100 Å². The van der Waals surface area contributed by atoms with Gasteiger partial charge in [-0.3, -0.25) is 0 Å². The first-order valence-corrected chi connectivity index (χ1v) is 6.86. The molecule has 6 heteroatoms. The number of rotatable bonds is 4. The molecule has 0 amide bonds. The van der Waals surface area contributed by atoms with Gasteiger partial charge in [-0.1, -0.05) is 0 Å². The number of anilines is 1. The molecule has 4 nitrogen and oxygen atoms in total. The van der Waals surface area contributed by atoms with Crippen LogP contribution in [0.1, 0.15) is 12.8 Å². The molecule has 1 aromatic rings. The molecule has 1 aromatic carbocycles. The first kappa shape index (κ1) is 12.3. The number of sulfonamides is 1. The Balaban J connectivity index is 2.26. The highest BCUT2D eigenvalue weighted by Crippen LogP contribution is 2.31. The topological polar surface area (TPSA) is 63.4 Å². The van der Waals surface area contributed by atoms with Gasteiger partial charge in [0.15, 0.2) is 0 Å². The normalized spacial score (nSPS) is 16.4. The lowest BCUT2D eigenvalue weighted by Gasteiger charge is -2.16. The molecule has 0 aliphatic heterocycles. The Morgan fingerprint density at radius 2 is 2.12 bits per heavy atom. The monoisotopic (exact) mass is 258 g/mol. The molecule has 2 N–H and O–H groups in total. The van der Waals surface area contributed by atoms with Crippen LogP contribution in [0, 0.1) is 11.7 Å². The first-order valence-electron chi connectivity index (χ1n) is 5.42. The molecular formula is C11H15FN2O2S. The van der Waals surface area contributed by atoms with Crippen molar-refractivity contribution in [2.75, 3.05) is 19.3 Å². The van der Waals surface area contributed by atoms with E-state index in [4.69, 9.17) is 5.73 Å².